The topological polar surface area (TPSA) is 88.6 Å². The average molecular weight is 585 g/mol. The highest BCUT2D eigenvalue weighted by Gasteiger charge is 2.31. The fourth-order valence-corrected chi connectivity index (χ4v) is 6.35. The number of para-hydroxylation sites is 1. The molecule has 43 heavy (non-hydrogen) atoms. The van der Waals surface area contributed by atoms with Crippen LogP contribution in [0.5, 0.6) is 5.75 Å². The van der Waals surface area contributed by atoms with Gasteiger partial charge in [0.15, 0.2) is 5.82 Å². The van der Waals surface area contributed by atoms with Crippen molar-refractivity contribution in [2.45, 2.75) is 18.9 Å². The molecule has 6 rings (SSSR count). The van der Waals surface area contributed by atoms with Crippen LogP contribution < -0.4 is 19.4 Å². The highest BCUT2D eigenvalue weighted by atomic mass is 16.5. The Bertz CT molecular complexity index is 1510. The minimum absolute atomic E-state index is 0.0265. The summed E-state index contributed by atoms with van der Waals surface area (Å²) in [6, 6.07) is 13.6. The van der Waals surface area contributed by atoms with E-state index in [1.807, 2.05) is 65.2 Å². The van der Waals surface area contributed by atoms with E-state index in [2.05, 4.69) is 21.8 Å². The van der Waals surface area contributed by atoms with Crippen molar-refractivity contribution in [3.63, 3.8) is 0 Å². The number of ether oxygens (including phenoxy) is 1. The Balaban J connectivity index is 1.20. The second-order valence-electron chi connectivity index (χ2n) is 11.6. The van der Waals surface area contributed by atoms with E-state index in [-0.39, 0.29) is 11.8 Å². The van der Waals surface area contributed by atoms with Gasteiger partial charge < -0.3 is 29.2 Å². The first kappa shape index (κ1) is 28.9. The van der Waals surface area contributed by atoms with Crippen molar-refractivity contribution in [2.75, 3.05) is 89.3 Å². The van der Waals surface area contributed by atoms with E-state index in [1.54, 1.807) is 31.3 Å². The van der Waals surface area contributed by atoms with Crippen LogP contribution in [-0.4, -0.2) is 117 Å². The molecular weight excluding hydrogens is 544 g/mol. The molecule has 0 unspecified atom stereocenters. The molecule has 0 aliphatic carbocycles. The van der Waals surface area contributed by atoms with E-state index >= 15 is 0 Å². The van der Waals surface area contributed by atoms with Gasteiger partial charge in [0, 0.05) is 72.0 Å². The number of nitrogens with zero attached hydrogens (tertiary/aromatic N) is 8. The fourth-order valence-electron chi connectivity index (χ4n) is 6.35. The van der Waals surface area contributed by atoms with Crippen LogP contribution in [0.1, 0.15) is 33.6 Å². The molecule has 11 heteroatoms. The molecule has 4 heterocycles. The molecule has 2 fully saturated rings. The summed E-state index contributed by atoms with van der Waals surface area (Å²) in [6.07, 6.45) is 3.68. The number of carbonyl (C=O) groups is 2. The van der Waals surface area contributed by atoms with Gasteiger partial charge in [0.25, 0.3) is 11.8 Å². The Morgan fingerprint density at radius 1 is 0.930 bits per heavy atom. The molecule has 2 saturated heterocycles. The molecular formula is C32H40N8O3. The molecule has 11 nitrogen and oxygen atoms in total. The van der Waals surface area contributed by atoms with Crippen molar-refractivity contribution >= 4 is 40.6 Å². The van der Waals surface area contributed by atoms with Crippen LogP contribution in [0.2, 0.25) is 0 Å². The number of methoxy groups -OCH3 is 1. The lowest BCUT2D eigenvalue weighted by molar-refractivity contribution is 0.0518. The first-order valence-electron chi connectivity index (χ1n) is 14.9. The molecule has 3 aliphatic heterocycles. The van der Waals surface area contributed by atoms with Gasteiger partial charge in [-0.2, -0.15) is 4.98 Å². The van der Waals surface area contributed by atoms with Crippen LogP contribution in [0.15, 0.2) is 48.7 Å². The van der Waals surface area contributed by atoms with Gasteiger partial charge in [0.1, 0.15) is 11.4 Å². The first-order chi connectivity index (χ1) is 20.8. The van der Waals surface area contributed by atoms with Crippen molar-refractivity contribution in [2.24, 2.45) is 0 Å². The van der Waals surface area contributed by atoms with Gasteiger partial charge in [-0.25, -0.2) is 4.98 Å². The quantitative estimate of drug-likeness (QED) is 0.447. The van der Waals surface area contributed by atoms with Gasteiger partial charge >= 0.3 is 0 Å². The number of fused-ring (bicyclic) bond motifs is 2. The third-order valence-corrected chi connectivity index (χ3v) is 9.11. The highest BCUT2D eigenvalue weighted by molar-refractivity contribution is 6.13. The van der Waals surface area contributed by atoms with Crippen LogP contribution in [0.25, 0.3) is 0 Å². The highest BCUT2D eigenvalue weighted by Crippen LogP contribution is 2.39. The number of benzene rings is 2. The van der Waals surface area contributed by atoms with E-state index in [1.165, 1.54) is 0 Å². The molecule has 0 N–H and O–H groups in total. The maximum absolute atomic E-state index is 13.5. The van der Waals surface area contributed by atoms with E-state index in [9.17, 15) is 9.59 Å². The van der Waals surface area contributed by atoms with Gasteiger partial charge in [-0.3, -0.25) is 14.5 Å². The van der Waals surface area contributed by atoms with Crippen LogP contribution in [0, 0.1) is 0 Å². The van der Waals surface area contributed by atoms with Crippen LogP contribution in [0.3, 0.4) is 0 Å². The number of aromatic nitrogens is 2. The number of hydrogen-bond acceptors (Lipinski definition) is 9. The first-order valence-corrected chi connectivity index (χ1v) is 14.9. The summed E-state index contributed by atoms with van der Waals surface area (Å²) in [5.74, 6) is 1.53. The summed E-state index contributed by atoms with van der Waals surface area (Å²) < 4.78 is 5.76. The summed E-state index contributed by atoms with van der Waals surface area (Å²) in [6.45, 7) is 5.95. The molecule has 1 aromatic heterocycles. The van der Waals surface area contributed by atoms with Gasteiger partial charge in [0.2, 0.25) is 5.95 Å². The summed E-state index contributed by atoms with van der Waals surface area (Å²) in [5, 5.41) is 0. The van der Waals surface area contributed by atoms with E-state index in [0.717, 1.165) is 63.5 Å². The number of rotatable bonds is 5. The Morgan fingerprint density at radius 3 is 2.37 bits per heavy atom. The second kappa shape index (κ2) is 11.8. The lowest BCUT2D eigenvalue weighted by Crippen LogP contribution is -2.52. The van der Waals surface area contributed by atoms with Gasteiger partial charge in [-0.1, -0.05) is 12.1 Å². The number of likely N-dealkylation sites (N-methyl/N-ethyl adjacent to an activating group) is 1. The zero-order chi connectivity index (χ0) is 30.2. The van der Waals surface area contributed by atoms with Crippen molar-refractivity contribution in [1.82, 2.24) is 24.7 Å². The predicted molar refractivity (Wildman–Crippen MR) is 168 cm³/mol. The lowest BCUT2D eigenvalue weighted by Gasteiger charge is -2.42. The number of anilines is 5. The largest absolute Gasteiger partial charge is 0.495 e. The Hall–Kier alpha value is -4.22. The lowest BCUT2D eigenvalue weighted by atomic mass is 10.0. The molecule has 3 aliphatic rings. The van der Waals surface area contributed by atoms with E-state index < -0.39 is 0 Å². The van der Waals surface area contributed by atoms with Gasteiger partial charge in [0.05, 0.1) is 30.2 Å². The number of piperazine rings is 1. The molecule has 0 radical (unpaired) electrons. The molecule has 0 saturated carbocycles. The summed E-state index contributed by atoms with van der Waals surface area (Å²) in [7, 11) is 9.28. The Morgan fingerprint density at radius 2 is 1.65 bits per heavy atom. The Labute approximate surface area is 253 Å². The van der Waals surface area contributed by atoms with Crippen LogP contribution >= 0.6 is 0 Å². The summed E-state index contributed by atoms with van der Waals surface area (Å²) in [5.41, 5.74) is 3.33. The zero-order valence-electron chi connectivity index (χ0n) is 25.7. The third kappa shape index (κ3) is 5.38. The average Bonchev–Trinajstić information content (AvgIpc) is 3.13. The number of hydrogen-bond donors (Lipinski definition) is 0. The maximum atomic E-state index is 13.5. The minimum Gasteiger partial charge on any atom is -0.495 e. The minimum atomic E-state index is -0.114. The SMILES string of the molecule is COc1cc(C(=O)N2CCC(N3CCN(C)CC3)CC2)ccc1N(C)c1ncc2c(n1)N(C)c1ccccc1C(=O)N2C. The maximum Gasteiger partial charge on any atom is 0.260 e. The second-order valence-corrected chi connectivity index (χ2v) is 11.6. The van der Waals surface area contributed by atoms with Crippen molar-refractivity contribution in [1.29, 1.82) is 0 Å². The third-order valence-electron chi connectivity index (χ3n) is 9.11. The van der Waals surface area contributed by atoms with Crippen LogP contribution in [-0.2, 0) is 0 Å². The number of likely N-dealkylation sites (tertiary alicyclic amines) is 1. The van der Waals surface area contributed by atoms with E-state index in [0.29, 0.717) is 40.4 Å². The predicted octanol–water partition coefficient (Wildman–Crippen LogP) is 3.46. The number of piperidine rings is 1. The molecule has 2 aromatic carbocycles. The monoisotopic (exact) mass is 584 g/mol. The molecule has 226 valence electrons. The standard InChI is InChI=1S/C32H40N8O3/c1-35-16-18-39(19-17-35)23-12-14-40(15-13-23)30(41)22-10-11-26(28(20-22)43-5)38(4)32-33-21-27-29(34-32)36(2)25-9-7-6-8-24(25)31(42)37(27)3/h6-11,20-21,23H,12-19H2,1-5H3. The van der Waals surface area contributed by atoms with Crippen LogP contribution in [0.4, 0.5) is 28.8 Å². The normalized spacial score (nSPS) is 18.3. The molecule has 0 spiro atoms. The molecule has 2 amide bonds. The fraction of sp³-hybridized carbons (Fsp3) is 0.438. The van der Waals surface area contributed by atoms with Gasteiger partial charge in [-0.05, 0) is 50.2 Å². The number of carbonyl (C=O) groups excluding carboxylic acids is 2. The van der Waals surface area contributed by atoms with Gasteiger partial charge in [-0.15, -0.1) is 0 Å². The molecule has 3 aromatic rings. The molecule has 0 bridgehead atoms. The Kier molecular flexibility index (Phi) is 7.93. The zero-order valence-corrected chi connectivity index (χ0v) is 25.7. The van der Waals surface area contributed by atoms with Crippen molar-refractivity contribution < 1.29 is 14.3 Å². The molecule has 0 atom stereocenters. The van der Waals surface area contributed by atoms with Crippen molar-refractivity contribution in [3.8, 4) is 5.75 Å². The van der Waals surface area contributed by atoms with Crippen molar-refractivity contribution in [3.05, 3.63) is 59.8 Å². The summed E-state index contributed by atoms with van der Waals surface area (Å²) in [4.78, 5) is 48.4. The smallest absolute Gasteiger partial charge is 0.260 e. The van der Waals surface area contributed by atoms with E-state index in [4.69, 9.17) is 9.72 Å². The summed E-state index contributed by atoms with van der Waals surface area (Å²) >= 11 is 0. The number of amides is 2.